The first-order valence-corrected chi connectivity index (χ1v) is 8.64. The Balaban J connectivity index is 1.89. The van der Waals surface area contributed by atoms with E-state index < -0.39 is 0 Å². The maximum Gasteiger partial charge on any atom is 0.260 e. The summed E-state index contributed by atoms with van der Waals surface area (Å²) in [6.07, 6.45) is 0. The lowest BCUT2D eigenvalue weighted by Crippen LogP contribution is -2.37. The number of benzene rings is 2. The summed E-state index contributed by atoms with van der Waals surface area (Å²) in [6.45, 7) is 5.59. The molecule has 0 bridgehead atoms. The Kier molecular flexibility index (Phi) is 6.64. The summed E-state index contributed by atoms with van der Waals surface area (Å²) in [5.41, 5.74) is 3.83. The van der Waals surface area contributed by atoms with Crippen LogP contribution in [0.1, 0.15) is 16.7 Å². The van der Waals surface area contributed by atoms with Gasteiger partial charge in [0, 0.05) is 12.7 Å². The van der Waals surface area contributed by atoms with Gasteiger partial charge in [0.2, 0.25) is 5.91 Å². The number of nitrogens with one attached hydrogen (secondary N) is 1. The molecule has 0 aromatic heterocycles. The van der Waals surface area contributed by atoms with Crippen molar-refractivity contribution in [1.82, 2.24) is 4.90 Å². The van der Waals surface area contributed by atoms with Crippen LogP contribution in [0.25, 0.3) is 0 Å². The largest absolute Gasteiger partial charge is 0.482 e. The molecule has 0 unspecified atom stereocenters. The fourth-order valence-corrected chi connectivity index (χ4v) is 2.52. The molecule has 0 atom stereocenters. The second-order valence-electron chi connectivity index (χ2n) is 6.27. The molecule has 0 aliphatic heterocycles. The van der Waals surface area contributed by atoms with E-state index in [0.29, 0.717) is 10.8 Å². The van der Waals surface area contributed by atoms with Crippen LogP contribution in [0, 0.1) is 20.8 Å². The van der Waals surface area contributed by atoms with Crippen LogP contribution < -0.4 is 10.1 Å². The maximum absolute atomic E-state index is 12.2. The predicted molar refractivity (Wildman–Crippen MR) is 104 cm³/mol. The number of halogens is 1. The molecule has 0 aliphatic carbocycles. The number of amides is 2. The molecule has 1 N–H and O–H groups in total. The molecule has 0 fully saturated rings. The first kappa shape index (κ1) is 19.8. The Bertz CT molecular complexity index is 821. The molecule has 2 aromatic carbocycles. The van der Waals surface area contributed by atoms with Crippen LogP contribution in [0.3, 0.4) is 0 Å². The van der Waals surface area contributed by atoms with Gasteiger partial charge in [0.1, 0.15) is 5.75 Å². The summed E-state index contributed by atoms with van der Waals surface area (Å²) in [4.78, 5) is 25.7. The molecule has 6 heteroatoms. The van der Waals surface area contributed by atoms with Gasteiger partial charge in [-0.05, 0) is 55.7 Å². The normalized spacial score (nSPS) is 10.3. The van der Waals surface area contributed by atoms with E-state index in [1.165, 1.54) is 4.90 Å². The Morgan fingerprint density at radius 3 is 2.62 bits per heavy atom. The Labute approximate surface area is 158 Å². The number of hydrogen-bond acceptors (Lipinski definition) is 3. The number of likely N-dealkylation sites (N-methyl/N-ethyl adjacent to an activating group) is 1. The third-order valence-corrected chi connectivity index (χ3v) is 4.44. The van der Waals surface area contributed by atoms with E-state index in [0.717, 1.165) is 22.4 Å². The maximum atomic E-state index is 12.2. The number of ether oxygens (including phenoxy) is 1. The van der Waals surface area contributed by atoms with Gasteiger partial charge >= 0.3 is 0 Å². The van der Waals surface area contributed by atoms with Crippen LogP contribution >= 0.6 is 11.6 Å². The van der Waals surface area contributed by atoms with Crippen molar-refractivity contribution in [2.24, 2.45) is 0 Å². The number of carbonyl (C=O) groups is 2. The third kappa shape index (κ3) is 5.23. The quantitative estimate of drug-likeness (QED) is 0.837. The average Bonchev–Trinajstić information content (AvgIpc) is 2.59. The molecule has 0 spiro atoms. The predicted octanol–water partition coefficient (Wildman–Crippen LogP) is 3.74. The number of rotatable bonds is 6. The highest BCUT2D eigenvalue weighted by molar-refractivity contribution is 6.32. The standard InChI is InChI=1S/C20H23ClN2O3/c1-13-8-9-16(21)18(10-13)26-12-20(25)23(4)11-19(24)22-17-7-5-6-14(2)15(17)3/h5-10H,11-12H2,1-4H3,(H,22,24). The van der Waals surface area contributed by atoms with E-state index in [-0.39, 0.29) is 25.0 Å². The molecule has 0 saturated heterocycles. The van der Waals surface area contributed by atoms with Crippen molar-refractivity contribution in [2.45, 2.75) is 20.8 Å². The zero-order valence-electron chi connectivity index (χ0n) is 15.4. The summed E-state index contributed by atoms with van der Waals surface area (Å²) in [5, 5.41) is 3.28. The van der Waals surface area contributed by atoms with Crippen molar-refractivity contribution in [3.8, 4) is 5.75 Å². The first-order chi connectivity index (χ1) is 12.3. The van der Waals surface area contributed by atoms with Gasteiger partial charge in [-0.2, -0.15) is 0 Å². The van der Waals surface area contributed by atoms with E-state index >= 15 is 0 Å². The molecule has 0 aliphatic rings. The highest BCUT2D eigenvalue weighted by atomic mass is 35.5. The molecular weight excluding hydrogens is 352 g/mol. The molecule has 0 saturated carbocycles. The lowest BCUT2D eigenvalue weighted by molar-refractivity contribution is -0.135. The number of hydrogen-bond donors (Lipinski definition) is 1. The van der Waals surface area contributed by atoms with Crippen LogP contribution in [0.2, 0.25) is 5.02 Å². The molecule has 138 valence electrons. The molecule has 0 heterocycles. The minimum Gasteiger partial charge on any atom is -0.482 e. The van der Waals surface area contributed by atoms with E-state index in [9.17, 15) is 9.59 Å². The van der Waals surface area contributed by atoms with Gasteiger partial charge in [0.15, 0.2) is 6.61 Å². The van der Waals surface area contributed by atoms with E-state index in [4.69, 9.17) is 16.3 Å². The Hall–Kier alpha value is -2.53. The number of carbonyl (C=O) groups excluding carboxylic acids is 2. The molecule has 0 radical (unpaired) electrons. The zero-order valence-corrected chi connectivity index (χ0v) is 16.2. The van der Waals surface area contributed by atoms with Gasteiger partial charge in [0.05, 0.1) is 11.6 Å². The van der Waals surface area contributed by atoms with Crippen LogP contribution in [0.15, 0.2) is 36.4 Å². The topological polar surface area (TPSA) is 58.6 Å². The summed E-state index contributed by atoms with van der Waals surface area (Å²) in [5.74, 6) is -0.116. The highest BCUT2D eigenvalue weighted by Crippen LogP contribution is 2.25. The van der Waals surface area contributed by atoms with Crippen LogP contribution in [0.4, 0.5) is 5.69 Å². The molecule has 2 aromatic rings. The summed E-state index contributed by atoms with van der Waals surface area (Å²) in [6, 6.07) is 11.0. The van der Waals surface area contributed by atoms with Gasteiger partial charge in [-0.3, -0.25) is 9.59 Å². The first-order valence-electron chi connectivity index (χ1n) is 8.27. The minimum atomic E-state index is -0.307. The zero-order chi connectivity index (χ0) is 19.3. The van der Waals surface area contributed by atoms with E-state index in [2.05, 4.69) is 5.32 Å². The van der Waals surface area contributed by atoms with Crippen molar-refractivity contribution in [3.63, 3.8) is 0 Å². The molecule has 26 heavy (non-hydrogen) atoms. The van der Waals surface area contributed by atoms with Gasteiger partial charge in [-0.15, -0.1) is 0 Å². The van der Waals surface area contributed by atoms with Gasteiger partial charge < -0.3 is 15.0 Å². The van der Waals surface area contributed by atoms with Crippen molar-refractivity contribution in [3.05, 3.63) is 58.1 Å². The summed E-state index contributed by atoms with van der Waals surface area (Å²) >= 11 is 6.05. The number of aryl methyl sites for hydroxylation is 2. The fraction of sp³-hybridized carbons (Fsp3) is 0.300. The minimum absolute atomic E-state index is 0.0584. The van der Waals surface area contributed by atoms with E-state index in [1.54, 1.807) is 19.2 Å². The van der Waals surface area contributed by atoms with Crippen molar-refractivity contribution >= 4 is 29.1 Å². The Morgan fingerprint density at radius 1 is 1.15 bits per heavy atom. The van der Waals surface area contributed by atoms with Gasteiger partial charge in [-0.1, -0.05) is 29.8 Å². The highest BCUT2D eigenvalue weighted by Gasteiger charge is 2.15. The van der Waals surface area contributed by atoms with Crippen LogP contribution in [-0.2, 0) is 9.59 Å². The van der Waals surface area contributed by atoms with Crippen LogP contribution in [0.5, 0.6) is 5.75 Å². The molecule has 2 amide bonds. The summed E-state index contributed by atoms with van der Waals surface area (Å²) in [7, 11) is 1.56. The SMILES string of the molecule is Cc1ccc(Cl)c(OCC(=O)N(C)CC(=O)Nc2cccc(C)c2C)c1. The summed E-state index contributed by atoms with van der Waals surface area (Å²) < 4.78 is 5.48. The molecule has 5 nitrogen and oxygen atoms in total. The molecular formula is C20H23ClN2O3. The number of anilines is 1. The van der Waals surface area contributed by atoms with Gasteiger partial charge in [0.25, 0.3) is 5.91 Å². The smallest absolute Gasteiger partial charge is 0.260 e. The molecule has 2 rings (SSSR count). The third-order valence-electron chi connectivity index (χ3n) is 4.12. The monoisotopic (exact) mass is 374 g/mol. The average molecular weight is 375 g/mol. The lowest BCUT2D eigenvalue weighted by Gasteiger charge is -2.18. The second kappa shape index (κ2) is 8.72. The van der Waals surface area contributed by atoms with Crippen molar-refractivity contribution in [2.75, 3.05) is 25.5 Å². The van der Waals surface area contributed by atoms with Crippen LogP contribution in [-0.4, -0.2) is 36.9 Å². The van der Waals surface area contributed by atoms with Crippen molar-refractivity contribution in [1.29, 1.82) is 0 Å². The number of nitrogens with zero attached hydrogens (tertiary/aromatic N) is 1. The lowest BCUT2D eigenvalue weighted by atomic mass is 10.1. The second-order valence-corrected chi connectivity index (χ2v) is 6.68. The Morgan fingerprint density at radius 2 is 1.88 bits per heavy atom. The van der Waals surface area contributed by atoms with Crippen molar-refractivity contribution < 1.29 is 14.3 Å². The fourth-order valence-electron chi connectivity index (χ4n) is 2.35. The van der Waals surface area contributed by atoms with E-state index in [1.807, 2.05) is 45.0 Å². The van der Waals surface area contributed by atoms with Gasteiger partial charge in [-0.25, -0.2) is 0 Å².